The molecule has 1 aliphatic rings. The molecule has 1 unspecified atom stereocenters. The second kappa shape index (κ2) is 5.15. The fourth-order valence-corrected chi connectivity index (χ4v) is 2.63. The number of imide groups is 1. The van der Waals surface area contributed by atoms with Crippen molar-refractivity contribution in [3.8, 4) is 0 Å². The molecule has 2 aromatic rings. The van der Waals surface area contributed by atoms with Crippen molar-refractivity contribution in [1.29, 1.82) is 0 Å². The van der Waals surface area contributed by atoms with E-state index in [2.05, 4.69) is 10.5 Å². The van der Waals surface area contributed by atoms with Crippen LogP contribution in [0.1, 0.15) is 23.9 Å². The average Bonchev–Trinajstić information content (AvgIpc) is 2.96. The summed E-state index contributed by atoms with van der Waals surface area (Å²) in [5, 5.41) is 6.02. The van der Waals surface area contributed by atoms with E-state index in [-0.39, 0.29) is 6.54 Å². The first-order chi connectivity index (χ1) is 10.8. The zero-order valence-electron chi connectivity index (χ0n) is 12.4. The van der Waals surface area contributed by atoms with Gasteiger partial charge in [0.25, 0.3) is 5.91 Å². The lowest BCUT2D eigenvalue weighted by molar-refractivity contribution is -0.131. The van der Waals surface area contributed by atoms with Gasteiger partial charge in [0.2, 0.25) is 0 Å². The SMILES string of the molecule is Cc1cc(CN2C(=O)NC(C)(c3c(F)cccc3F)C2=O)on1. The van der Waals surface area contributed by atoms with Crippen molar-refractivity contribution < 1.29 is 22.9 Å². The summed E-state index contributed by atoms with van der Waals surface area (Å²) in [4.78, 5) is 25.5. The molecule has 1 aliphatic heterocycles. The molecule has 8 heteroatoms. The van der Waals surface area contributed by atoms with Crippen molar-refractivity contribution >= 4 is 11.9 Å². The highest BCUT2D eigenvalue weighted by Crippen LogP contribution is 2.33. The number of aryl methyl sites for hydroxylation is 1. The molecule has 0 spiro atoms. The Hall–Kier alpha value is -2.77. The van der Waals surface area contributed by atoms with Crippen molar-refractivity contribution in [1.82, 2.24) is 15.4 Å². The van der Waals surface area contributed by atoms with Crippen LogP contribution in [0.2, 0.25) is 0 Å². The monoisotopic (exact) mass is 321 g/mol. The molecule has 1 aromatic heterocycles. The number of hydrogen-bond acceptors (Lipinski definition) is 4. The number of aromatic nitrogens is 1. The van der Waals surface area contributed by atoms with E-state index in [0.717, 1.165) is 17.0 Å². The predicted octanol–water partition coefficient (Wildman–Crippen LogP) is 2.23. The number of benzene rings is 1. The molecule has 6 nitrogen and oxygen atoms in total. The van der Waals surface area contributed by atoms with E-state index >= 15 is 0 Å². The first-order valence-corrected chi connectivity index (χ1v) is 6.83. The number of carbonyl (C=O) groups is 2. The van der Waals surface area contributed by atoms with Gasteiger partial charge in [-0.15, -0.1) is 0 Å². The maximum Gasteiger partial charge on any atom is 0.325 e. The third-order valence-electron chi connectivity index (χ3n) is 3.73. The number of nitrogens with one attached hydrogen (secondary N) is 1. The second-order valence-electron chi connectivity index (χ2n) is 5.48. The summed E-state index contributed by atoms with van der Waals surface area (Å²) in [6, 6.07) is 4.07. The molecule has 0 bridgehead atoms. The maximum atomic E-state index is 14.0. The molecule has 1 aromatic carbocycles. The second-order valence-corrected chi connectivity index (χ2v) is 5.48. The largest absolute Gasteiger partial charge is 0.359 e. The fourth-order valence-electron chi connectivity index (χ4n) is 2.63. The van der Waals surface area contributed by atoms with Crippen LogP contribution in [0.15, 0.2) is 28.8 Å². The topological polar surface area (TPSA) is 75.4 Å². The Morgan fingerprint density at radius 3 is 2.52 bits per heavy atom. The van der Waals surface area contributed by atoms with Gasteiger partial charge < -0.3 is 9.84 Å². The van der Waals surface area contributed by atoms with Crippen LogP contribution < -0.4 is 5.32 Å². The molecular formula is C15H13F2N3O3. The van der Waals surface area contributed by atoms with Gasteiger partial charge in [0.05, 0.1) is 17.8 Å². The number of hydrogen-bond donors (Lipinski definition) is 1. The minimum atomic E-state index is -1.82. The highest BCUT2D eigenvalue weighted by atomic mass is 19.1. The van der Waals surface area contributed by atoms with Crippen LogP contribution in [0.4, 0.5) is 13.6 Å². The molecule has 0 aliphatic carbocycles. The van der Waals surface area contributed by atoms with Gasteiger partial charge in [-0.2, -0.15) is 0 Å². The van der Waals surface area contributed by atoms with E-state index in [1.807, 2.05) is 0 Å². The number of rotatable bonds is 3. The van der Waals surface area contributed by atoms with Crippen molar-refractivity contribution in [3.63, 3.8) is 0 Å². The van der Waals surface area contributed by atoms with E-state index < -0.39 is 34.7 Å². The Bertz CT molecular complexity index is 785. The molecule has 0 saturated carbocycles. The number of carbonyl (C=O) groups excluding carboxylic acids is 2. The van der Waals surface area contributed by atoms with Gasteiger partial charge in [-0.05, 0) is 26.0 Å². The van der Waals surface area contributed by atoms with E-state index in [1.165, 1.54) is 13.0 Å². The molecule has 1 atom stereocenters. The minimum absolute atomic E-state index is 0.169. The van der Waals surface area contributed by atoms with Gasteiger partial charge in [-0.1, -0.05) is 11.2 Å². The lowest BCUT2D eigenvalue weighted by Crippen LogP contribution is -2.42. The summed E-state index contributed by atoms with van der Waals surface area (Å²) in [6.45, 7) is 2.79. The highest BCUT2D eigenvalue weighted by Gasteiger charge is 2.51. The zero-order chi connectivity index (χ0) is 16.8. The molecule has 120 valence electrons. The molecule has 3 amide bonds. The third-order valence-corrected chi connectivity index (χ3v) is 3.73. The van der Waals surface area contributed by atoms with Crippen LogP contribution in [0.25, 0.3) is 0 Å². The highest BCUT2D eigenvalue weighted by molar-refractivity contribution is 6.07. The summed E-state index contributed by atoms with van der Waals surface area (Å²) in [6.07, 6.45) is 0. The van der Waals surface area contributed by atoms with Gasteiger partial charge in [-0.3, -0.25) is 9.69 Å². The Kier molecular flexibility index (Phi) is 3.39. The number of urea groups is 1. The van der Waals surface area contributed by atoms with Crippen molar-refractivity contribution in [2.45, 2.75) is 25.9 Å². The predicted molar refractivity (Wildman–Crippen MR) is 74.0 cm³/mol. The van der Waals surface area contributed by atoms with Crippen LogP contribution in [-0.4, -0.2) is 22.0 Å². The average molecular weight is 321 g/mol. The Morgan fingerprint density at radius 1 is 1.30 bits per heavy atom. The van der Waals surface area contributed by atoms with Gasteiger partial charge in [0.15, 0.2) is 5.76 Å². The number of amides is 3. The van der Waals surface area contributed by atoms with Crippen molar-refractivity contribution in [2.24, 2.45) is 0 Å². The zero-order valence-corrected chi connectivity index (χ0v) is 12.4. The molecule has 0 radical (unpaired) electrons. The van der Waals surface area contributed by atoms with Crippen LogP contribution in [0, 0.1) is 18.6 Å². The first kappa shape index (κ1) is 15.1. The fraction of sp³-hybridized carbons (Fsp3) is 0.267. The van der Waals surface area contributed by atoms with Gasteiger partial charge in [0, 0.05) is 6.07 Å². The van der Waals surface area contributed by atoms with Gasteiger partial charge in [-0.25, -0.2) is 13.6 Å². The van der Waals surface area contributed by atoms with Crippen molar-refractivity contribution in [3.05, 3.63) is 52.9 Å². The molecule has 1 saturated heterocycles. The minimum Gasteiger partial charge on any atom is -0.359 e. The Labute approximate surface area is 130 Å². The smallest absolute Gasteiger partial charge is 0.325 e. The summed E-state index contributed by atoms with van der Waals surface area (Å²) in [5.74, 6) is -2.28. The van der Waals surface area contributed by atoms with Crippen LogP contribution in [-0.2, 0) is 16.9 Å². The molecular weight excluding hydrogens is 308 g/mol. The van der Waals surface area contributed by atoms with Gasteiger partial charge >= 0.3 is 6.03 Å². The standard InChI is InChI=1S/C15H13F2N3O3/c1-8-6-9(23-19-8)7-20-13(21)15(2,18-14(20)22)12-10(16)4-3-5-11(12)17/h3-6H,7H2,1-2H3,(H,18,22). The normalized spacial score (nSPS) is 21.0. The molecule has 2 heterocycles. The summed E-state index contributed by atoms with van der Waals surface area (Å²) in [5.41, 5.74) is -1.72. The summed E-state index contributed by atoms with van der Waals surface area (Å²) in [7, 11) is 0. The summed E-state index contributed by atoms with van der Waals surface area (Å²) < 4.78 is 33.0. The number of halogens is 2. The Morgan fingerprint density at radius 2 is 1.96 bits per heavy atom. The van der Waals surface area contributed by atoms with E-state index in [0.29, 0.717) is 11.5 Å². The quantitative estimate of drug-likeness (QED) is 0.880. The van der Waals surface area contributed by atoms with Crippen LogP contribution >= 0.6 is 0 Å². The molecule has 23 heavy (non-hydrogen) atoms. The van der Waals surface area contributed by atoms with E-state index in [1.54, 1.807) is 13.0 Å². The molecule has 1 N–H and O–H groups in total. The lowest BCUT2D eigenvalue weighted by atomic mass is 9.91. The summed E-state index contributed by atoms with van der Waals surface area (Å²) >= 11 is 0. The first-order valence-electron chi connectivity index (χ1n) is 6.83. The van der Waals surface area contributed by atoms with Crippen LogP contribution in [0.5, 0.6) is 0 Å². The maximum absolute atomic E-state index is 14.0. The number of nitrogens with zero attached hydrogens (tertiary/aromatic N) is 2. The van der Waals surface area contributed by atoms with E-state index in [4.69, 9.17) is 4.52 Å². The van der Waals surface area contributed by atoms with Gasteiger partial charge in [0.1, 0.15) is 17.2 Å². The molecule has 1 fully saturated rings. The van der Waals surface area contributed by atoms with Crippen LogP contribution in [0.3, 0.4) is 0 Å². The molecule has 3 rings (SSSR count). The third kappa shape index (κ3) is 2.36. The Balaban J connectivity index is 1.97. The lowest BCUT2D eigenvalue weighted by Gasteiger charge is -2.23. The van der Waals surface area contributed by atoms with Crippen molar-refractivity contribution in [2.75, 3.05) is 0 Å². The van der Waals surface area contributed by atoms with E-state index in [9.17, 15) is 18.4 Å².